The number of hydrogen-bond acceptors (Lipinski definition) is 7. The molecule has 0 unspecified atom stereocenters. The third-order valence-electron chi connectivity index (χ3n) is 6.15. The van der Waals surface area contributed by atoms with Crippen LogP contribution in [0.4, 0.5) is 8.78 Å². The molecular formula is C32H27F2N3O7. The van der Waals surface area contributed by atoms with Crippen molar-refractivity contribution in [2.24, 2.45) is 5.73 Å². The van der Waals surface area contributed by atoms with E-state index in [-0.39, 0.29) is 24.3 Å². The third kappa shape index (κ3) is 7.73. The highest BCUT2D eigenvalue weighted by atomic mass is 19.1. The van der Waals surface area contributed by atoms with E-state index in [1.54, 1.807) is 42.6 Å². The van der Waals surface area contributed by atoms with Crippen molar-refractivity contribution < 1.29 is 37.7 Å². The summed E-state index contributed by atoms with van der Waals surface area (Å²) in [4.78, 5) is 37.8. The van der Waals surface area contributed by atoms with Gasteiger partial charge in [0.25, 0.3) is 11.5 Å². The van der Waals surface area contributed by atoms with Gasteiger partial charge in [0.15, 0.2) is 23.1 Å². The van der Waals surface area contributed by atoms with Gasteiger partial charge in [-0.15, -0.1) is 0 Å². The molecule has 0 bridgehead atoms. The number of rotatable bonds is 10. The standard InChI is InChI=1S/C20H18FNO5.C12H9FN2O2/c1-25-18-11-13-15(12-19(18)26-10-4-7-20(23)24)22-9-8-16(13)27-17-6-3-2-5-14(17)21;13-8-3-5-9(6-4-8)15-7-1-2-10(11(14)16)12(15)17/h2-3,5-6,8-9,11-12H,4,7,10H2,1H3,(H,23,24);1-7H,(H2,14,16). The normalized spacial score (nSPS) is 10.4. The molecule has 44 heavy (non-hydrogen) atoms. The number of halogens is 2. The number of carboxylic acid groups (broad SMARTS) is 1. The van der Waals surface area contributed by atoms with Crippen LogP contribution < -0.4 is 25.5 Å². The molecule has 5 aromatic rings. The Balaban J connectivity index is 0.000000223. The number of aliphatic carboxylic acids is 1. The van der Waals surface area contributed by atoms with Crippen molar-refractivity contribution in [3.05, 3.63) is 119 Å². The largest absolute Gasteiger partial charge is 0.493 e. The van der Waals surface area contributed by atoms with Gasteiger partial charge >= 0.3 is 5.97 Å². The molecule has 0 atom stereocenters. The van der Waals surface area contributed by atoms with Gasteiger partial charge in [-0.3, -0.25) is 23.9 Å². The quantitative estimate of drug-likeness (QED) is 0.200. The lowest BCUT2D eigenvalue weighted by molar-refractivity contribution is -0.137. The van der Waals surface area contributed by atoms with Crippen molar-refractivity contribution in [3.8, 4) is 28.7 Å². The minimum Gasteiger partial charge on any atom is -0.493 e. The monoisotopic (exact) mass is 603 g/mol. The predicted molar refractivity (Wildman–Crippen MR) is 158 cm³/mol. The van der Waals surface area contributed by atoms with Gasteiger partial charge < -0.3 is 25.1 Å². The van der Waals surface area contributed by atoms with Crippen LogP contribution in [-0.2, 0) is 4.79 Å². The first-order chi connectivity index (χ1) is 21.2. The maximum absolute atomic E-state index is 13.9. The number of carbonyl (C=O) groups is 2. The number of ether oxygens (including phenoxy) is 3. The van der Waals surface area contributed by atoms with Crippen LogP contribution in [0.2, 0.25) is 0 Å². The zero-order valence-corrected chi connectivity index (χ0v) is 23.4. The van der Waals surface area contributed by atoms with E-state index in [9.17, 15) is 23.2 Å². The Morgan fingerprint density at radius 2 is 1.68 bits per heavy atom. The van der Waals surface area contributed by atoms with Crippen LogP contribution in [0.5, 0.6) is 23.0 Å². The molecule has 0 fully saturated rings. The van der Waals surface area contributed by atoms with Crippen molar-refractivity contribution in [2.45, 2.75) is 12.8 Å². The summed E-state index contributed by atoms with van der Waals surface area (Å²) < 4.78 is 44.6. The number of primary amides is 1. The third-order valence-corrected chi connectivity index (χ3v) is 6.15. The second kappa shape index (κ2) is 14.4. The van der Waals surface area contributed by atoms with Crippen LogP contribution in [0.1, 0.15) is 23.2 Å². The van der Waals surface area contributed by atoms with Crippen LogP contribution >= 0.6 is 0 Å². The number of carbonyl (C=O) groups excluding carboxylic acids is 1. The topological polar surface area (TPSA) is 143 Å². The number of para-hydroxylation sites is 1. The van der Waals surface area contributed by atoms with Gasteiger partial charge in [-0.1, -0.05) is 12.1 Å². The molecular weight excluding hydrogens is 576 g/mol. The van der Waals surface area contributed by atoms with E-state index < -0.39 is 29.1 Å². The zero-order chi connectivity index (χ0) is 31.6. The van der Waals surface area contributed by atoms with Crippen molar-refractivity contribution in [2.75, 3.05) is 13.7 Å². The van der Waals surface area contributed by atoms with E-state index in [0.717, 1.165) is 0 Å². The number of nitrogens with zero attached hydrogens (tertiary/aromatic N) is 2. The Morgan fingerprint density at radius 1 is 0.932 bits per heavy atom. The minimum atomic E-state index is -0.874. The van der Waals surface area contributed by atoms with Gasteiger partial charge in [0.05, 0.1) is 19.2 Å². The average Bonchev–Trinajstić information content (AvgIpc) is 3.01. The highest BCUT2D eigenvalue weighted by molar-refractivity contribution is 5.92. The summed E-state index contributed by atoms with van der Waals surface area (Å²) in [5.74, 6) is -1.08. The van der Waals surface area contributed by atoms with E-state index >= 15 is 0 Å². The first-order valence-electron chi connectivity index (χ1n) is 13.2. The van der Waals surface area contributed by atoms with Gasteiger partial charge in [-0.2, -0.15) is 0 Å². The summed E-state index contributed by atoms with van der Waals surface area (Å²) in [6, 6.07) is 19.4. The molecule has 2 aromatic heterocycles. The Labute approximate surface area is 249 Å². The number of methoxy groups -OCH3 is 1. The Hall–Kier alpha value is -5.78. The summed E-state index contributed by atoms with van der Waals surface area (Å²) >= 11 is 0. The maximum atomic E-state index is 13.9. The Morgan fingerprint density at radius 3 is 2.36 bits per heavy atom. The van der Waals surface area contributed by atoms with Gasteiger partial charge in [0.2, 0.25) is 0 Å². The van der Waals surface area contributed by atoms with Gasteiger partial charge in [-0.05, 0) is 67.1 Å². The number of hydrogen-bond donors (Lipinski definition) is 2. The average molecular weight is 604 g/mol. The Bertz CT molecular complexity index is 1840. The number of pyridine rings is 2. The van der Waals surface area contributed by atoms with Crippen molar-refractivity contribution >= 4 is 22.8 Å². The van der Waals surface area contributed by atoms with Crippen molar-refractivity contribution in [1.82, 2.24) is 9.55 Å². The van der Waals surface area contributed by atoms with E-state index in [4.69, 9.17) is 25.1 Å². The van der Waals surface area contributed by atoms with Crippen LogP contribution in [0, 0.1) is 11.6 Å². The molecule has 10 nitrogen and oxygen atoms in total. The molecule has 3 N–H and O–H groups in total. The van der Waals surface area contributed by atoms with Gasteiger partial charge in [0, 0.05) is 36.0 Å². The second-order valence-electron chi connectivity index (χ2n) is 9.15. The second-order valence-corrected chi connectivity index (χ2v) is 9.15. The number of amides is 1. The predicted octanol–water partition coefficient (Wildman–Crippen LogP) is 5.49. The summed E-state index contributed by atoms with van der Waals surface area (Å²) in [7, 11) is 1.50. The lowest BCUT2D eigenvalue weighted by atomic mass is 10.1. The smallest absolute Gasteiger partial charge is 0.303 e. The molecule has 2 heterocycles. The lowest BCUT2D eigenvalue weighted by Crippen LogP contribution is -2.28. The number of nitrogens with two attached hydrogens (primary N) is 1. The van der Waals surface area contributed by atoms with E-state index in [1.165, 1.54) is 60.3 Å². The molecule has 12 heteroatoms. The fraction of sp³-hybridized carbons (Fsp3) is 0.125. The molecule has 0 aliphatic carbocycles. The molecule has 0 spiro atoms. The van der Waals surface area contributed by atoms with Crippen LogP contribution in [0.25, 0.3) is 16.6 Å². The fourth-order valence-electron chi connectivity index (χ4n) is 4.03. The number of benzene rings is 3. The number of carboxylic acids is 1. The maximum Gasteiger partial charge on any atom is 0.303 e. The summed E-state index contributed by atoms with van der Waals surface area (Å²) in [5.41, 5.74) is 5.50. The summed E-state index contributed by atoms with van der Waals surface area (Å²) in [6.45, 7) is 0.236. The van der Waals surface area contributed by atoms with E-state index in [1.807, 2.05) is 0 Å². The summed E-state index contributed by atoms with van der Waals surface area (Å²) in [6.07, 6.45) is 3.44. The molecule has 226 valence electrons. The molecule has 0 aliphatic rings. The van der Waals surface area contributed by atoms with E-state index in [0.29, 0.717) is 40.3 Å². The van der Waals surface area contributed by atoms with Crippen LogP contribution in [0.15, 0.2) is 96.1 Å². The van der Waals surface area contributed by atoms with Gasteiger partial charge in [-0.25, -0.2) is 8.78 Å². The zero-order valence-electron chi connectivity index (χ0n) is 23.4. The number of fused-ring (bicyclic) bond motifs is 1. The SMILES string of the molecule is COc1cc2c(Oc3ccccc3F)ccnc2cc1OCCCC(=O)O.NC(=O)c1cccn(-c2ccc(F)cc2)c1=O. The molecule has 1 amide bonds. The first kappa shape index (κ1) is 31.2. The highest BCUT2D eigenvalue weighted by Crippen LogP contribution is 2.37. The number of aromatic nitrogens is 2. The lowest BCUT2D eigenvalue weighted by Gasteiger charge is -2.14. The first-order valence-corrected chi connectivity index (χ1v) is 13.2. The fourth-order valence-corrected chi connectivity index (χ4v) is 4.03. The Kier molecular flexibility index (Phi) is 10.2. The van der Waals surface area contributed by atoms with Crippen LogP contribution in [0.3, 0.4) is 0 Å². The highest BCUT2D eigenvalue weighted by Gasteiger charge is 2.14. The van der Waals surface area contributed by atoms with Crippen molar-refractivity contribution in [1.29, 1.82) is 0 Å². The molecule has 0 saturated carbocycles. The molecule has 0 radical (unpaired) electrons. The van der Waals surface area contributed by atoms with Gasteiger partial charge in [0.1, 0.15) is 17.1 Å². The molecule has 0 aliphatic heterocycles. The minimum absolute atomic E-state index is 0.0226. The molecule has 3 aromatic carbocycles. The molecule has 0 saturated heterocycles. The van der Waals surface area contributed by atoms with Crippen LogP contribution in [-0.4, -0.2) is 40.3 Å². The van der Waals surface area contributed by atoms with Crippen molar-refractivity contribution in [3.63, 3.8) is 0 Å². The van der Waals surface area contributed by atoms with E-state index in [2.05, 4.69) is 4.98 Å². The summed E-state index contributed by atoms with van der Waals surface area (Å²) in [5, 5.41) is 9.33. The molecule has 5 rings (SSSR count).